The normalized spacial score (nSPS) is 10.4. The quantitative estimate of drug-likeness (QED) is 0.278. The van der Waals surface area contributed by atoms with E-state index >= 15 is 0 Å². The minimum Gasteiger partial charge on any atom is -0.508 e. The van der Waals surface area contributed by atoms with Gasteiger partial charge in [-0.25, -0.2) is 0 Å². The SMILES string of the molecule is COc1cc(-c2ccc(Nc3cccc(O)c3)c(OC)c2)ccc1Nc1cccc(O)c1. The van der Waals surface area contributed by atoms with Crippen molar-refractivity contribution in [1.29, 1.82) is 0 Å². The smallest absolute Gasteiger partial charge is 0.142 e. The van der Waals surface area contributed by atoms with Crippen LogP contribution in [-0.4, -0.2) is 24.4 Å². The summed E-state index contributed by atoms with van der Waals surface area (Å²) in [6.45, 7) is 0. The minimum atomic E-state index is 0.192. The van der Waals surface area contributed by atoms with Crippen LogP contribution in [0.1, 0.15) is 0 Å². The summed E-state index contributed by atoms with van der Waals surface area (Å²) in [7, 11) is 3.24. The molecule has 0 aromatic heterocycles. The Morgan fingerprint density at radius 2 is 1.00 bits per heavy atom. The van der Waals surface area contributed by atoms with E-state index < -0.39 is 0 Å². The highest BCUT2D eigenvalue weighted by atomic mass is 16.5. The molecule has 4 N–H and O–H groups in total. The lowest BCUT2D eigenvalue weighted by Gasteiger charge is -2.15. The molecule has 0 atom stereocenters. The predicted octanol–water partition coefficient (Wildman–Crippen LogP) is 6.27. The molecule has 32 heavy (non-hydrogen) atoms. The third kappa shape index (κ3) is 4.70. The number of phenolic OH excluding ortho intramolecular Hbond substituents is 2. The van der Waals surface area contributed by atoms with Crippen LogP contribution in [0.2, 0.25) is 0 Å². The van der Waals surface area contributed by atoms with Gasteiger partial charge in [0.15, 0.2) is 0 Å². The fourth-order valence-electron chi connectivity index (χ4n) is 3.43. The van der Waals surface area contributed by atoms with Gasteiger partial charge in [-0.15, -0.1) is 0 Å². The molecule has 0 aliphatic heterocycles. The van der Waals surface area contributed by atoms with Gasteiger partial charge >= 0.3 is 0 Å². The topological polar surface area (TPSA) is 83.0 Å². The van der Waals surface area contributed by atoms with Gasteiger partial charge in [-0.3, -0.25) is 0 Å². The second-order valence-electron chi connectivity index (χ2n) is 7.18. The van der Waals surface area contributed by atoms with Crippen molar-refractivity contribution in [2.24, 2.45) is 0 Å². The lowest BCUT2D eigenvalue weighted by molar-refractivity contribution is 0.416. The van der Waals surface area contributed by atoms with Gasteiger partial charge < -0.3 is 30.3 Å². The van der Waals surface area contributed by atoms with Crippen molar-refractivity contribution >= 4 is 22.7 Å². The van der Waals surface area contributed by atoms with Crippen molar-refractivity contribution < 1.29 is 19.7 Å². The summed E-state index contributed by atoms with van der Waals surface area (Å²) in [5, 5.41) is 25.9. The number of hydrogen-bond acceptors (Lipinski definition) is 6. The molecular formula is C26H24N2O4. The van der Waals surface area contributed by atoms with Gasteiger partial charge in [-0.1, -0.05) is 24.3 Å². The second kappa shape index (κ2) is 9.22. The van der Waals surface area contributed by atoms with Crippen molar-refractivity contribution in [2.45, 2.75) is 0 Å². The molecule has 0 aliphatic rings. The van der Waals surface area contributed by atoms with Crippen molar-refractivity contribution in [3.05, 3.63) is 84.9 Å². The van der Waals surface area contributed by atoms with E-state index in [2.05, 4.69) is 10.6 Å². The lowest BCUT2D eigenvalue weighted by Crippen LogP contribution is -1.96. The zero-order valence-electron chi connectivity index (χ0n) is 17.8. The Labute approximate surface area is 186 Å². The molecule has 6 nitrogen and oxygen atoms in total. The molecule has 4 aromatic carbocycles. The van der Waals surface area contributed by atoms with Gasteiger partial charge in [-0.2, -0.15) is 0 Å². The fraction of sp³-hybridized carbons (Fsp3) is 0.0769. The van der Waals surface area contributed by atoms with Gasteiger partial charge in [0.25, 0.3) is 0 Å². The summed E-state index contributed by atoms with van der Waals surface area (Å²) in [4.78, 5) is 0. The standard InChI is InChI=1S/C26H24N2O4/c1-31-25-13-17(9-11-23(25)27-19-5-3-7-21(29)15-19)18-10-12-24(26(14-18)32-2)28-20-6-4-8-22(30)16-20/h3-16,27-30H,1-2H3. The van der Waals surface area contributed by atoms with Crippen LogP contribution in [0.3, 0.4) is 0 Å². The van der Waals surface area contributed by atoms with Crippen molar-refractivity contribution in [2.75, 3.05) is 24.9 Å². The molecule has 0 saturated heterocycles. The Morgan fingerprint density at radius 3 is 1.38 bits per heavy atom. The van der Waals surface area contributed by atoms with E-state index in [9.17, 15) is 10.2 Å². The Hall–Kier alpha value is -4.32. The highest BCUT2D eigenvalue weighted by molar-refractivity contribution is 5.78. The van der Waals surface area contributed by atoms with Crippen molar-refractivity contribution in [1.82, 2.24) is 0 Å². The Kier molecular flexibility index (Phi) is 6.03. The number of hydrogen-bond donors (Lipinski definition) is 4. The maximum absolute atomic E-state index is 9.69. The van der Waals surface area contributed by atoms with Gasteiger partial charge in [0.1, 0.15) is 23.0 Å². The zero-order valence-corrected chi connectivity index (χ0v) is 17.8. The maximum atomic E-state index is 9.69. The maximum Gasteiger partial charge on any atom is 0.142 e. The van der Waals surface area contributed by atoms with E-state index in [-0.39, 0.29) is 11.5 Å². The Bertz CT molecular complexity index is 1140. The van der Waals surface area contributed by atoms with Gasteiger partial charge in [0.2, 0.25) is 0 Å². The van der Waals surface area contributed by atoms with E-state index in [0.29, 0.717) is 11.5 Å². The molecule has 0 radical (unpaired) electrons. The van der Waals surface area contributed by atoms with E-state index in [1.807, 2.05) is 48.5 Å². The van der Waals surface area contributed by atoms with Crippen LogP contribution in [0.4, 0.5) is 22.7 Å². The van der Waals surface area contributed by atoms with Crippen molar-refractivity contribution in [3.63, 3.8) is 0 Å². The molecule has 0 unspecified atom stereocenters. The molecule has 0 fully saturated rings. The van der Waals surface area contributed by atoms with E-state index in [1.165, 1.54) is 0 Å². The Balaban J connectivity index is 1.61. The monoisotopic (exact) mass is 428 g/mol. The minimum absolute atomic E-state index is 0.192. The first-order valence-corrected chi connectivity index (χ1v) is 10.0. The lowest BCUT2D eigenvalue weighted by atomic mass is 10.0. The summed E-state index contributed by atoms with van der Waals surface area (Å²) in [6.07, 6.45) is 0. The molecular weight excluding hydrogens is 404 g/mol. The molecule has 0 aliphatic carbocycles. The average Bonchev–Trinajstić information content (AvgIpc) is 2.80. The zero-order chi connectivity index (χ0) is 22.5. The molecule has 6 heteroatoms. The van der Waals surface area contributed by atoms with Crippen LogP contribution in [0.25, 0.3) is 11.1 Å². The molecule has 4 aromatic rings. The molecule has 0 amide bonds. The van der Waals surface area contributed by atoms with Gasteiger partial charge in [0, 0.05) is 23.5 Å². The third-order valence-electron chi connectivity index (χ3n) is 4.99. The second-order valence-corrected chi connectivity index (χ2v) is 7.18. The largest absolute Gasteiger partial charge is 0.508 e. The summed E-state index contributed by atoms with van der Waals surface area (Å²) in [5.41, 5.74) is 5.03. The van der Waals surface area contributed by atoms with Crippen LogP contribution < -0.4 is 20.1 Å². The average molecular weight is 428 g/mol. The molecule has 0 saturated carbocycles. The van der Waals surface area contributed by atoms with Gasteiger partial charge in [-0.05, 0) is 59.7 Å². The number of phenols is 2. The van der Waals surface area contributed by atoms with E-state index in [4.69, 9.17) is 9.47 Å². The molecule has 0 heterocycles. The summed E-state index contributed by atoms with van der Waals surface area (Å²) in [6, 6.07) is 25.6. The fourth-order valence-corrected chi connectivity index (χ4v) is 3.43. The molecule has 0 spiro atoms. The highest BCUT2D eigenvalue weighted by Crippen LogP contribution is 2.37. The molecule has 4 rings (SSSR count). The van der Waals surface area contributed by atoms with Crippen LogP contribution in [0.5, 0.6) is 23.0 Å². The first-order chi connectivity index (χ1) is 15.6. The number of rotatable bonds is 7. The van der Waals surface area contributed by atoms with Crippen LogP contribution in [0, 0.1) is 0 Å². The number of methoxy groups -OCH3 is 2. The molecule has 0 bridgehead atoms. The van der Waals surface area contributed by atoms with Crippen LogP contribution in [0.15, 0.2) is 84.9 Å². The molecule has 162 valence electrons. The first-order valence-electron chi connectivity index (χ1n) is 10.0. The number of benzene rings is 4. The third-order valence-corrected chi connectivity index (χ3v) is 4.99. The van der Waals surface area contributed by atoms with Crippen LogP contribution >= 0.6 is 0 Å². The number of anilines is 4. The number of nitrogens with one attached hydrogen (secondary N) is 2. The highest BCUT2D eigenvalue weighted by Gasteiger charge is 2.10. The van der Waals surface area contributed by atoms with Gasteiger partial charge in [0.05, 0.1) is 25.6 Å². The summed E-state index contributed by atoms with van der Waals surface area (Å²) < 4.78 is 11.2. The number of aromatic hydroxyl groups is 2. The van der Waals surface area contributed by atoms with Crippen LogP contribution in [-0.2, 0) is 0 Å². The predicted molar refractivity (Wildman–Crippen MR) is 128 cm³/mol. The van der Waals surface area contributed by atoms with E-state index in [0.717, 1.165) is 33.9 Å². The number of ether oxygens (including phenoxy) is 2. The summed E-state index contributed by atoms with van der Waals surface area (Å²) in [5.74, 6) is 1.73. The van der Waals surface area contributed by atoms with Crippen molar-refractivity contribution in [3.8, 4) is 34.1 Å². The summed E-state index contributed by atoms with van der Waals surface area (Å²) >= 11 is 0. The Morgan fingerprint density at radius 1 is 0.562 bits per heavy atom. The first kappa shape index (κ1) is 20.9. The van der Waals surface area contributed by atoms with E-state index in [1.54, 1.807) is 50.6 Å².